The van der Waals surface area contributed by atoms with E-state index in [1.807, 2.05) is 113 Å². The molecule has 7 heterocycles. The number of nitrogens with zero attached hydrogens (tertiary/aromatic N) is 13. The van der Waals surface area contributed by atoms with E-state index in [1.165, 1.54) is 0 Å². The van der Waals surface area contributed by atoms with E-state index in [-0.39, 0.29) is 29.8 Å². The molecular weight excluding hydrogens is 1410 g/mol. The number of aryl methyl sites for hydroxylation is 4. The number of esters is 1. The molecule has 1 amide bonds. The number of aromatic carboxylic acids is 1. The van der Waals surface area contributed by atoms with Crippen LogP contribution in [0.3, 0.4) is 0 Å². The minimum atomic E-state index is -1.37. The molecule has 112 heavy (non-hydrogen) atoms. The zero-order valence-electron chi connectivity index (χ0n) is 64.8. The Balaban J connectivity index is 0.000000148. The number of hydrogen-bond donors (Lipinski definition) is 3. The number of azo groups is 1. The van der Waals surface area contributed by atoms with Gasteiger partial charge in [-0.3, -0.25) is 14.7 Å². The number of aromatic amines is 1. The van der Waals surface area contributed by atoms with Crippen molar-refractivity contribution in [2.75, 3.05) is 13.3 Å². The number of nitrogens with one attached hydrogen (secondary N) is 1. The molecule has 1 aliphatic carbocycles. The molecule has 22 nitrogen and oxygen atoms in total. The van der Waals surface area contributed by atoms with Crippen LogP contribution in [0.15, 0.2) is 233 Å². The van der Waals surface area contributed by atoms with Crippen LogP contribution in [0.5, 0.6) is 0 Å². The number of amides is 1. The molecule has 0 bridgehead atoms. The van der Waals surface area contributed by atoms with Crippen molar-refractivity contribution < 1.29 is 38.8 Å². The number of carbonyl (C=O) groups excluding carboxylic acids is 2. The molecule has 3 N–H and O–H groups in total. The lowest BCUT2D eigenvalue weighted by Crippen LogP contribution is -2.40. The first-order chi connectivity index (χ1) is 54.2. The van der Waals surface area contributed by atoms with Gasteiger partial charge < -0.3 is 38.1 Å². The summed E-state index contributed by atoms with van der Waals surface area (Å²) in [6, 6.07) is 52.2. The van der Waals surface area contributed by atoms with E-state index < -0.39 is 23.1 Å². The molecule has 11 aromatic rings. The van der Waals surface area contributed by atoms with Crippen molar-refractivity contribution in [2.24, 2.45) is 27.3 Å². The fourth-order valence-electron chi connectivity index (χ4n) is 14.9. The number of H-pyrrole nitrogens is 1. The van der Waals surface area contributed by atoms with Crippen LogP contribution in [-0.4, -0.2) is 108 Å². The van der Waals surface area contributed by atoms with E-state index in [0.717, 1.165) is 176 Å². The average molecular weight is 1500 g/mol. The number of aliphatic hydroxyl groups is 1. The molecule has 1 fully saturated rings. The fraction of sp³-hybridized carbons (Fsp3) is 0.289. The summed E-state index contributed by atoms with van der Waals surface area (Å²) in [7, 11) is 2.06. The maximum Gasteiger partial charge on any atom is 0.357 e. The number of carbonyl (C=O) groups is 3. The van der Waals surface area contributed by atoms with Gasteiger partial charge in [0.05, 0.1) is 40.4 Å². The number of rotatable bonds is 26. The quantitative estimate of drug-likeness (QED) is 0.0337. The molecule has 572 valence electrons. The number of ether oxygens (including phenoxy) is 3. The number of aromatic nitrogens is 9. The number of para-hydroxylation sites is 2. The largest absolute Gasteiger partial charge is 0.478 e. The van der Waals surface area contributed by atoms with Crippen molar-refractivity contribution in [3.63, 3.8) is 0 Å². The second kappa shape index (κ2) is 34.1. The summed E-state index contributed by atoms with van der Waals surface area (Å²) in [6.45, 7) is 26.9. The third-order valence-corrected chi connectivity index (χ3v) is 20.6. The summed E-state index contributed by atoms with van der Waals surface area (Å²) < 4.78 is 22.7. The van der Waals surface area contributed by atoms with E-state index >= 15 is 0 Å². The van der Waals surface area contributed by atoms with Crippen LogP contribution in [0.2, 0.25) is 0 Å². The van der Waals surface area contributed by atoms with Gasteiger partial charge in [-0.25, -0.2) is 29.5 Å². The molecule has 1 saturated carbocycles. The van der Waals surface area contributed by atoms with Gasteiger partial charge in [0, 0.05) is 56.1 Å². The first-order valence-electron chi connectivity index (χ1n) is 38.2. The van der Waals surface area contributed by atoms with E-state index in [1.54, 1.807) is 45.2 Å². The molecule has 22 heteroatoms. The molecule has 4 aromatic heterocycles. The number of unbranched alkanes of at least 4 members (excludes halogenated alkanes) is 1. The van der Waals surface area contributed by atoms with Gasteiger partial charge in [-0.15, -0.1) is 5.11 Å². The smallest absolute Gasteiger partial charge is 0.357 e. The highest BCUT2D eigenvalue weighted by Gasteiger charge is 2.49. The van der Waals surface area contributed by atoms with E-state index in [2.05, 4.69) is 142 Å². The van der Waals surface area contributed by atoms with Crippen molar-refractivity contribution in [3.8, 4) is 33.6 Å². The summed E-state index contributed by atoms with van der Waals surface area (Å²) in [5.41, 5.74) is 16.5. The van der Waals surface area contributed by atoms with Gasteiger partial charge in [0.25, 0.3) is 11.9 Å². The molecule has 0 radical (unpaired) electrons. The van der Waals surface area contributed by atoms with Crippen LogP contribution in [-0.2, 0) is 64.1 Å². The zero-order valence-corrected chi connectivity index (χ0v) is 64.8. The highest BCUT2D eigenvalue weighted by molar-refractivity contribution is 6.09. The average Bonchev–Trinajstić information content (AvgIpc) is 1.66. The Morgan fingerprint density at radius 2 is 1.36 bits per heavy atom. The summed E-state index contributed by atoms with van der Waals surface area (Å²) >= 11 is 0. The molecule has 7 aromatic carbocycles. The minimum absolute atomic E-state index is 0.132. The molecule has 15 rings (SSSR count). The normalized spacial score (nSPS) is 14.5. The summed E-state index contributed by atoms with van der Waals surface area (Å²) in [6.07, 6.45) is 15.6. The second-order valence-electron chi connectivity index (χ2n) is 29.0. The highest BCUT2D eigenvalue weighted by Crippen LogP contribution is 2.41. The molecule has 0 unspecified atom stereocenters. The Bertz CT molecular complexity index is 5530. The standard InChI is InChI=1S/C33H30N4O2.C31H33N5O5.C26H31N5O/c1-4-9-30-35-31-21(2)18-24(32-34-27-12-7-8-13-28(27)36(32)3)19-29(31)37(30)20-22-14-16-23(17-15-22)25-10-5-6-11-26(25)33(38)39;1-6-9-26-34-28(31(4,5)38)27(30(37)39-17-25-19(2)40-20(3)41-25)36(26)16-21-12-14-22(15-13-21)23-10-7-8-11-24(23)29-32-18-33-35-29;1-4-6-10-24-28-26(15-7-8-16-26)25(32)31(24)18-20-11-13-21(14-12-20)22(9-5-2)19(3)23-17-27-30-29-23/h5-8,10-19H,4,9,20H2,1-3H3,(H,38,39);7-8,10-15,38H,3,6,9,16-18H2,1-2,4-5H3;5,9,11-14,17H,2-4,6-8,10,15-16,18H2,1H3,(H,27,29,30)/b;;22-9+. The SMILES string of the molecule is C=C/C=C(\C(=C)c1cn[nH]n1)c1ccc(CN2C(=O)C3(CCCC3)N=C2CCCC)cc1.C=C1OC(C)=C(COC(=O)c2c(C(C)(C)O)nc(CCC)n2Cc2ccc(-c3ccccc3C3=NCN=N3)cc2)O1.CCCc1nc2c(C)cc(-c3nc4ccccc4n3C)cc2n1Cc1ccc(-c2ccccc2C(=O)O)cc1. The Hall–Kier alpha value is -12.6. The van der Waals surface area contributed by atoms with Gasteiger partial charge in [-0.2, -0.15) is 20.5 Å². The summed E-state index contributed by atoms with van der Waals surface area (Å²) in [5, 5.41) is 39.4. The maximum atomic E-state index is 13.5. The lowest BCUT2D eigenvalue weighted by atomic mass is 9.95. The van der Waals surface area contributed by atoms with E-state index in [4.69, 9.17) is 34.2 Å². The van der Waals surface area contributed by atoms with Crippen molar-refractivity contribution in [3.05, 3.63) is 281 Å². The zero-order chi connectivity index (χ0) is 78.8. The molecular formula is C90H94N14O8. The molecule has 3 aliphatic heterocycles. The number of imidazole rings is 3. The van der Waals surface area contributed by atoms with Gasteiger partial charge in [0.2, 0.25) is 0 Å². The molecule has 4 aliphatic rings. The highest BCUT2D eigenvalue weighted by atomic mass is 16.7. The van der Waals surface area contributed by atoms with Crippen LogP contribution >= 0.6 is 0 Å². The Labute approximate surface area is 652 Å². The molecule has 0 saturated heterocycles. The van der Waals surface area contributed by atoms with Gasteiger partial charge in [0.15, 0.2) is 30.6 Å². The number of hydrogen-bond acceptors (Lipinski definition) is 16. The number of carboxylic acids is 1. The Morgan fingerprint density at radius 3 is 1.97 bits per heavy atom. The Morgan fingerprint density at radius 1 is 0.723 bits per heavy atom. The number of carboxylic acid groups (broad SMARTS) is 1. The number of fused-ring (bicyclic) bond motifs is 2. The van der Waals surface area contributed by atoms with Gasteiger partial charge >= 0.3 is 11.9 Å². The second-order valence-corrected chi connectivity index (χ2v) is 29.0. The lowest BCUT2D eigenvalue weighted by Gasteiger charge is -2.23. The van der Waals surface area contributed by atoms with Gasteiger partial charge in [0.1, 0.15) is 51.6 Å². The Kier molecular flexibility index (Phi) is 23.7. The third kappa shape index (κ3) is 16.8. The van der Waals surface area contributed by atoms with Crippen molar-refractivity contribution >= 4 is 62.7 Å². The van der Waals surface area contributed by atoms with Crippen molar-refractivity contribution in [1.29, 1.82) is 0 Å². The molecule has 1 spiro atoms. The van der Waals surface area contributed by atoms with Crippen molar-refractivity contribution in [2.45, 2.75) is 150 Å². The predicted octanol–water partition coefficient (Wildman–Crippen LogP) is 18.5. The van der Waals surface area contributed by atoms with Crippen LogP contribution in [0.1, 0.15) is 177 Å². The lowest BCUT2D eigenvalue weighted by molar-refractivity contribution is -0.131. The van der Waals surface area contributed by atoms with Crippen molar-refractivity contribution in [1.82, 2.24) is 49.0 Å². The van der Waals surface area contributed by atoms with Crippen LogP contribution in [0.4, 0.5) is 0 Å². The summed E-state index contributed by atoms with van der Waals surface area (Å²) in [5.74, 6) is 3.93. The molecule has 0 atom stereocenters. The monoisotopic (exact) mass is 1500 g/mol. The van der Waals surface area contributed by atoms with Crippen LogP contribution < -0.4 is 0 Å². The number of allylic oxidation sites excluding steroid dienone is 5. The first kappa shape index (κ1) is 77.6. The van der Waals surface area contributed by atoms with E-state index in [0.29, 0.717) is 67.2 Å². The number of aliphatic imine (C=N–C) groups is 2. The third-order valence-electron chi connectivity index (χ3n) is 20.6. The topological polar surface area (TPSA) is 267 Å². The first-order valence-corrected chi connectivity index (χ1v) is 38.2. The summed E-state index contributed by atoms with van der Waals surface area (Å²) in [4.78, 5) is 64.6. The minimum Gasteiger partial charge on any atom is -0.478 e. The van der Waals surface area contributed by atoms with E-state index in [9.17, 15) is 24.6 Å². The number of amidine groups is 2. The number of benzene rings is 7. The van der Waals surface area contributed by atoms with Crippen LogP contribution in [0.25, 0.3) is 66.9 Å². The maximum absolute atomic E-state index is 13.5. The van der Waals surface area contributed by atoms with Gasteiger partial charge in [-0.1, -0.05) is 193 Å². The predicted molar refractivity (Wildman–Crippen MR) is 438 cm³/mol. The van der Waals surface area contributed by atoms with Crippen LogP contribution in [0, 0.1) is 6.92 Å². The fourth-order valence-corrected chi connectivity index (χ4v) is 14.9. The van der Waals surface area contributed by atoms with Gasteiger partial charge in [-0.05, 0) is 152 Å².